The second kappa shape index (κ2) is 4.43. The molecule has 1 atom stereocenters. The van der Waals surface area contributed by atoms with Gasteiger partial charge < -0.3 is 10.5 Å². The van der Waals surface area contributed by atoms with Crippen LogP contribution in [-0.2, 0) is 4.74 Å². The van der Waals surface area contributed by atoms with E-state index in [1.807, 2.05) is 6.92 Å². The van der Waals surface area contributed by atoms with Crippen LogP contribution in [0.2, 0.25) is 0 Å². The monoisotopic (exact) mass is 121 g/mol. The second-order valence-corrected chi connectivity index (χ2v) is 1.99. The molecule has 0 aliphatic carbocycles. The summed E-state index contributed by atoms with van der Waals surface area (Å²) in [4.78, 5) is 0. The van der Waals surface area contributed by atoms with Gasteiger partial charge in [0, 0.05) is 6.54 Å². The Bertz CT molecular complexity index is 40.7. The van der Waals surface area contributed by atoms with E-state index in [9.17, 15) is 0 Å². The lowest BCUT2D eigenvalue weighted by molar-refractivity contribution is 0.133. The maximum atomic E-state index is 5.12. The minimum Gasteiger partial charge on any atom is -0.367 e. The van der Waals surface area contributed by atoms with Crippen molar-refractivity contribution >= 4 is 12.6 Å². The number of hydrogen-bond acceptors (Lipinski definition) is 3. The number of ether oxygens (including phenoxy) is 1. The maximum Gasteiger partial charge on any atom is 0.0972 e. The largest absolute Gasteiger partial charge is 0.367 e. The molecule has 0 aliphatic heterocycles. The molecule has 0 spiro atoms. The third-order valence-corrected chi connectivity index (χ3v) is 0.626. The molecule has 7 heavy (non-hydrogen) atoms. The molecule has 0 aromatic heterocycles. The Kier molecular flexibility index (Phi) is 4.60. The molecule has 0 aromatic rings. The third kappa shape index (κ3) is 6.27. The minimum atomic E-state index is 0.0172. The summed E-state index contributed by atoms with van der Waals surface area (Å²) >= 11 is 3.95. The van der Waals surface area contributed by atoms with Crippen LogP contribution in [0.5, 0.6) is 0 Å². The van der Waals surface area contributed by atoms with Crippen LogP contribution < -0.4 is 5.73 Å². The molecule has 0 radical (unpaired) electrons. The average Bonchev–Trinajstić information content (AvgIpc) is 1.61. The predicted octanol–water partition coefficient (Wildman–Crippen LogP) is 0.237. The highest BCUT2D eigenvalue weighted by atomic mass is 32.1. The van der Waals surface area contributed by atoms with Gasteiger partial charge in [-0.05, 0) is 6.92 Å². The number of thiol groups is 1. The molecular formula is C4H11NOS. The second-order valence-electron chi connectivity index (χ2n) is 1.26. The quantitative estimate of drug-likeness (QED) is 0.414. The Balaban J connectivity index is 2.68. The van der Waals surface area contributed by atoms with Gasteiger partial charge in [0.25, 0.3) is 0 Å². The third-order valence-electron chi connectivity index (χ3n) is 0.477. The van der Waals surface area contributed by atoms with Gasteiger partial charge >= 0.3 is 0 Å². The highest BCUT2D eigenvalue weighted by molar-refractivity contribution is 7.80. The number of hydrogen-bond donors (Lipinski definition) is 2. The van der Waals surface area contributed by atoms with Crippen LogP contribution in [-0.4, -0.2) is 18.6 Å². The van der Waals surface area contributed by atoms with Crippen molar-refractivity contribution in [2.75, 3.05) is 13.2 Å². The summed E-state index contributed by atoms with van der Waals surface area (Å²) in [5, 5.41) is 0. The standard InChI is InChI=1S/C4H11NOS/c1-4(7)6-3-2-5/h4,7H,2-3,5H2,1H3. The fourth-order valence-corrected chi connectivity index (χ4v) is 0.344. The van der Waals surface area contributed by atoms with Gasteiger partial charge in [0.1, 0.15) is 0 Å². The molecule has 3 heteroatoms. The Morgan fingerprint density at radius 3 is 2.57 bits per heavy atom. The van der Waals surface area contributed by atoms with Crippen molar-refractivity contribution in [2.45, 2.75) is 12.4 Å². The molecule has 2 nitrogen and oxygen atoms in total. The van der Waals surface area contributed by atoms with Crippen molar-refractivity contribution in [3.05, 3.63) is 0 Å². The Labute approximate surface area is 49.4 Å². The fraction of sp³-hybridized carbons (Fsp3) is 1.00. The summed E-state index contributed by atoms with van der Waals surface area (Å²) in [5.41, 5.74) is 5.14. The molecule has 44 valence electrons. The Morgan fingerprint density at radius 1 is 1.86 bits per heavy atom. The Hall–Kier alpha value is 0.270. The van der Waals surface area contributed by atoms with Crippen LogP contribution in [0.3, 0.4) is 0 Å². The van der Waals surface area contributed by atoms with Gasteiger partial charge in [-0.2, -0.15) is 0 Å². The van der Waals surface area contributed by atoms with Gasteiger partial charge in [0.2, 0.25) is 0 Å². The molecule has 1 unspecified atom stereocenters. The summed E-state index contributed by atoms with van der Waals surface area (Å²) < 4.78 is 4.93. The van der Waals surface area contributed by atoms with E-state index in [0.717, 1.165) is 0 Å². The van der Waals surface area contributed by atoms with Crippen molar-refractivity contribution < 1.29 is 4.74 Å². The van der Waals surface area contributed by atoms with E-state index in [1.54, 1.807) is 0 Å². The molecule has 0 saturated carbocycles. The van der Waals surface area contributed by atoms with Crippen LogP contribution in [0.25, 0.3) is 0 Å². The first kappa shape index (κ1) is 7.27. The summed E-state index contributed by atoms with van der Waals surface area (Å²) in [6, 6.07) is 0. The zero-order chi connectivity index (χ0) is 5.70. The SMILES string of the molecule is CC(S)OCCN. The van der Waals surface area contributed by atoms with Crippen LogP contribution >= 0.6 is 12.6 Å². The summed E-state index contributed by atoms with van der Waals surface area (Å²) in [5.74, 6) is 0. The molecule has 0 bridgehead atoms. The van der Waals surface area contributed by atoms with Gasteiger partial charge in [0.15, 0.2) is 0 Å². The molecule has 0 aliphatic rings. The number of rotatable bonds is 3. The first-order valence-corrected chi connectivity index (χ1v) is 2.78. The molecule has 0 fully saturated rings. The topological polar surface area (TPSA) is 35.2 Å². The van der Waals surface area contributed by atoms with Gasteiger partial charge in [-0.3, -0.25) is 0 Å². The van der Waals surface area contributed by atoms with E-state index in [4.69, 9.17) is 10.5 Å². The average molecular weight is 121 g/mol. The van der Waals surface area contributed by atoms with Gasteiger partial charge in [-0.1, -0.05) is 0 Å². The van der Waals surface area contributed by atoms with E-state index >= 15 is 0 Å². The first-order valence-electron chi connectivity index (χ1n) is 2.27. The van der Waals surface area contributed by atoms with E-state index < -0.39 is 0 Å². The lowest BCUT2D eigenvalue weighted by Crippen LogP contribution is -2.11. The Morgan fingerprint density at radius 2 is 2.43 bits per heavy atom. The van der Waals surface area contributed by atoms with Crippen LogP contribution in [0.15, 0.2) is 0 Å². The zero-order valence-corrected chi connectivity index (χ0v) is 5.32. The fourth-order valence-electron chi connectivity index (χ4n) is 0.239. The molecule has 0 amide bonds. The van der Waals surface area contributed by atoms with Crippen LogP contribution in [0.1, 0.15) is 6.92 Å². The van der Waals surface area contributed by atoms with Crippen molar-refractivity contribution in [3.63, 3.8) is 0 Å². The number of nitrogens with two attached hydrogens (primary N) is 1. The van der Waals surface area contributed by atoms with Gasteiger partial charge in [-0.25, -0.2) is 0 Å². The van der Waals surface area contributed by atoms with E-state index in [2.05, 4.69) is 12.6 Å². The smallest absolute Gasteiger partial charge is 0.0972 e. The minimum absolute atomic E-state index is 0.0172. The maximum absolute atomic E-state index is 5.12. The van der Waals surface area contributed by atoms with Crippen molar-refractivity contribution in [1.82, 2.24) is 0 Å². The molecule has 0 rings (SSSR count). The molecular weight excluding hydrogens is 110 g/mol. The molecule has 0 aromatic carbocycles. The predicted molar refractivity (Wildman–Crippen MR) is 33.5 cm³/mol. The van der Waals surface area contributed by atoms with Crippen molar-refractivity contribution in [2.24, 2.45) is 5.73 Å². The summed E-state index contributed by atoms with van der Waals surface area (Å²) in [6.45, 7) is 3.04. The van der Waals surface area contributed by atoms with E-state index in [1.165, 1.54) is 0 Å². The van der Waals surface area contributed by atoms with E-state index in [0.29, 0.717) is 13.2 Å². The van der Waals surface area contributed by atoms with E-state index in [-0.39, 0.29) is 5.44 Å². The lowest BCUT2D eigenvalue weighted by Gasteiger charge is -2.02. The van der Waals surface area contributed by atoms with Crippen molar-refractivity contribution in [1.29, 1.82) is 0 Å². The molecule has 0 heterocycles. The summed E-state index contributed by atoms with van der Waals surface area (Å²) in [7, 11) is 0. The molecule has 0 saturated heterocycles. The highest BCUT2D eigenvalue weighted by Gasteiger charge is 1.87. The van der Waals surface area contributed by atoms with Crippen LogP contribution in [0.4, 0.5) is 0 Å². The highest BCUT2D eigenvalue weighted by Crippen LogP contribution is 1.91. The van der Waals surface area contributed by atoms with Crippen LogP contribution in [0, 0.1) is 0 Å². The first-order chi connectivity index (χ1) is 3.27. The van der Waals surface area contributed by atoms with Gasteiger partial charge in [-0.15, -0.1) is 12.6 Å². The lowest BCUT2D eigenvalue weighted by atomic mass is 10.7. The summed E-state index contributed by atoms with van der Waals surface area (Å²) in [6.07, 6.45) is 0. The van der Waals surface area contributed by atoms with Gasteiger partial charge in [0.05, 0.1) is 12.0 Å². The zero-order valence-electron chi connectivity index (χ0n) is 4.42. The normalized spacial score (nSPS) is 14.1. The van der Waals surface area contributed by atoms with Crippen molar-refractivity contribution in [3.8, 4) is 0 Å². The molecule has 2 N–H and O–H groups in total.